The molecule has 2 N–H and O–H groups in total. The summed E-state index contributed by atoms with van der Waals surface area (Å²) >= 11 is 0. The van der Waals surface area contributed by atoms with Crippen LogP contribution in [0.3, 0.4) is 0 Å². The maximum atomic E-state index is 11.6. The maximum absolute atomic E-state index is 11.6. The van der Waals surface area contributed by atoms with E-state index in [1.807, 2.05) is 0 Å². The Bertz CT molecular complexity index is 723. The van der Waals surface area contributed by atoms with Crippen LogP contribution in [-0.4, -0.2) is 52.6 Å². The van der Waals surface area contributed by atoms with Crippen LogP contribution in [0.1, 0.15) is 31.7 Å². The van der Waals surface area contributed by atoms with Crippen molar-refractivity contribution >= 4 is 5.69 Å². The van der Waals surface area contributed by atoms with Gasteiger partial charge in [0.05, 0.1) is 12.1 Å². The van der Waals surface area contributed by atoms with Gasteiger partial charge in [0.25, 0.3) is 0 Å². The van der Waals surface area contributed by atoms with E-state index in [2.05, 4.69) is 48.0 Å². The van der Waals surface area contributed by atoms with Gasteiger partial charge < -0.3 is 15.1 Å². The van der Waals surface area contributed by atoms with Crippen molar-refractivity contribution in [1.29, 1.82) is 0 Å². The van der Waals surface area contributed by atoms with Gasteiger partial charge in [0, 0.05) is 42.1 Å². The molecule has 4 heteroatoms. The Morgan fingerprint density at radius 3 is 2.79 bits per heavy atom. The number of benzene rings is 1. The van der Waals surface area contributed by atoms with Crippen LogP contribution in [0.15, 0.2) is 24.3 Å². The summed E-state index contributed by atoms with van der Waals surface area (Å²) in [5, 5.41) is 22.6. The number of nitrogens with zero attached hydrogens (tertiary/aromatic N) is 2. The fourth-order valence-electron chi connectivity index (χ4n) is 7.88. The van der Waals surface area contributed by atoms with E-state index in [0.29, 0.717) is 35.9 Å². The van der Waals surface area contributed by atoms with Crippen molar-refractivity contribution in [3.05, 3.63) is 29.8 Å². The largest absolute Gasteiger partial charge is 0.392 e. The fourth-order valence-corrected chi connectivity index (χ4v) is 7.88. The van der Waals surface area contributed by atoms with Gasteiger partial charge in [-0.3, -0.25) is 4.90 Å². The molecule has 5 aliphatic heterocycles. The molecule has 10 atom stereocenters. The van der Waals surface area contributed by atoms with Gasteiger partial charge in [0.15, 0.2) is 0 Å². The molecular formula is C20H26N2O2. The van der Waals surface area contributed by atoms with Crippen LogP contribution < -0.4 is 4.90 Å². The molecule has 1 spiro atoms. The number of aliphatic hydroxyl groups is 2. The van der Waals surface area contributed by atoms with E-state index >= 15 is 0 Å². The van der Waals surface area contributed by atoms with E-state index in [4.69, 9.17) is 0 Å². The van der Waals surface area contributed by atoms with Crippen LogP contribution >= 0.6 is 0 Å². The number of anilines is 1. The number of hydrogen-bond donors (Lipinski definition) is 2. The predicted molar refractivity (Wildman–Crippen MR) is 91.7 cm³/mol. The monoisotopic (exact) mass is 326 g/mol. The Balaban J connectivity index is 1.60. The molecule has 6 aliphatic rings. The molecule has 128 valence electrons. The third-order valence-electron chi connectivity index (χ3n) is 8.46. The van der Waals surface area contributed by atoms with E-state index in [1.165, 1.54) is 11.3 Å². The molecule has 5 bridgehead atoms. The summed E-state index contributed by atoms with van der Waals surface area (Å²) in [4.78, 5) is 4.83. The number of rotatable bonds is 1. The summed E-state index contributed by atoms with van der Waals surface area (Å²) in [6, 6.07) is 9.70. The summed E-state index contributed by atoms with van der Waals surface area (Å²) in [6.45, 7) is 2.19. The topological polar surface area (TPSA) is 46.9 Å². The highest BCUT2D eigenvalue weighted by Gasteiger charge is 2.76. The lowest BCUT2D eigenvalue weighted by molar-refractivity contribution is -0.211. The van der Waals surface area contributed by atoms with E-state index in [9.17, 15) is 10.2 Å². The molecule has 1 aliphatic carbocycles. The molecule has 5 fully saturated rings. The quantitative estimate of drug-likeness (QED) is 0.822. The van der Waals surface area contributed by atoms with Crippen LogP contribution in [0.4, 0.5) is 5.69 Å². The van der Waals surface area contributed by atoms with E-state index in [-0.39, 0.29) is 17.7 Å². The first-order chi connectivity index (χ1) is 11.6. The first-order valence-electron chi connectivity index (χ1n) is 9.57. The van der Waals surface area contributed by atoms with Gasteiger partial charge in [-0.1, -0.05) is 25.1 Å². The SMILES string of the molecule is CC[C@@H]1[C@H]2C[C@@H]3[C@H]4N(C)c5ccccc5[C@@]45C[C@@H]([C@H]2[C@@H]5O)N3[C@@H]1O. The zero-order valence-electron chi connectivity index (χ0n) is 14.3. The minimum absolute atomic E-state index is 0.126. The van der Waals surface area contributed by atoms with Gasteiger partial charge >= 0.3 is 0 Å². The second-order valence-corrected chi connectivity index (χ2v) is 8.81. The van der Waals surface area contributed by atoms with Gasteiger partial charge in [-0.15, -0.1) is 0 Å². The zero-order valence-corrected chi connectivity index (χ0v) is 14.3. The fraction of sp³-hybridized carbons (Fsp3) is 0.700. The van der Waals surface area contributed by atoms with E-state index in [1.54, 1.807) is 0 Å². The zero-order chi connectivity index (χ0) is 16.4. The Labute approximate surface area is 143 Å². The van der Waals surface area contributed by atoms with Crippen molar-refractivity contribution in [3.63, 3.8) is 0 Å². The molecule has 4 saturated heterocycles. The average Bonchev–Trinajstić information content (AvgIpc) is 2.97. The van der Waals surface area contributed by atoms with Gasteiger partial charge in [-0.25, -0.2) is 0 Å². The first-order valence-corrected chi connectivity index (χ1v) is 9.57. The highest BCUT2D eigenvalue weighted by atomic mass is 16.3. The summed E-state index contributed by atoms with van der Waals surface area (Å²) in [6.07, 6.45) is 2.56. The molecule has 1 aromatic carbocycles. The molecule has 1 unspecified atom stereocenters. The van der Waals surface area contributed by atoms with Gasteiger partial charge in [-0.2, -0.15) is 0 Å². The summed E-state index contributed by atoms with van der Waals surface area (Å²) in [5.41, 5.74) is 2.51. The van der Waals surface area contributed by atoms with E-state index in [0.717, 1.165) is 19.3 Å². The van der Waals surface area contributed by atoms with Crippen molar-refractivity contribution in [1.82, 2.24) is 4.90 Å². The lowest BCUT2D eigenvalue weighted by Gasteiger charge is -2.62. The van der Waals surface area contributed by atoms with Crippen molar-refractivity contribution in [2.45, 2.75) is 62.1 Å². The molecule has 0 amide bonds. The Morgan fingerprint density at radius 1 is 1.21 bits per heavy atom. The smallest absolute Gasteiger partial charge is 0.111 e. The first kappa shape index (κ1) is 14.1. The third kappa shape index (κ3) is 1.20. The molecule has 7 rings (SSSR count). The van der Waals surface area contributed by atoms with Gasteiger partial charge in [-0.05, 0) is 36.8 Å². The minimum atomic E-state index is -0.319. The molecule has 0 aromatic heterocycles. The normalized spacial score (nSPS) is 55.8. The standard InChI is InChI=1S/C20H26N2O2/c1-3-10-11-8-14-17-20(12-6-4-5-7-13(12)21(17)2)9-15(16(11)18(20)23)22(14)19(10)24/h4-7,10-11,14-19,23-24H,3,8-9H2,1-2H3/t10-,11-,14-,15+,16+,17-,18+,19-,20+/m1/s1. The van der Waals surface area contributed by atoms with Gasteiger partial charge in [0.1, 0.15) is 6.23 Å². The molecule has 0 radical (unpaired) electrons. The summed E-state index contributed by atoms with van der Waals surface area (Å²) < 4.78 is 0. The Kier molecular flexibility index (Phi) is 2.45. The number of hydrogen-bond acceptors (Lipinski definition) is 4. The second-order valence-electron chi connectivity index (χ2n) is 8.81. The lowest BCUT2D eigenvalue weighted by atomic mass is 9.62. The maximum Gasteiger partial charge on any atom is 0.111 e. The van der Waals surface area contributed by atoms with Crippen molar-refractivity contribution in [3.8, 4) is 0 Å². The molecule has 1 saturated carbocycles. The van der Waals surface area contributed by atoms with Crippen molar-refractivity contribution in [2.75, 3.05) is 11.9 Å². The van der Waals surface area contributed by atoms with Gasteiger partial charge in [0.2, 0.25) is 0 Å². The van der Waals surface area contributed by atoms with Crippen molar-refractivity contribution in [2.24, 2.45) is 17.8 Å². The summed E-state index contributed by atoms with van der Waals surface area (Å²) in [5.74, 6) is 1.14. The van der Waals surface area contributed by atoms with E-state index < -0.39 is 0 Å². The number of aliphatic hydroxyl groups excluding tert-OH is 2. The summed E-state index contributed by atoms with van der Waals surface area (Å²) in [7, 11) is 2.19. The molecular weight excluding hydrogens is 300 g/mol. The van der Waals surface area contributed by atoms with Crippen LogP contribution in [0.2, 0.25) is 0 Å². The lowest BCUT2D eigenvalue weighted by Crippen LogP contribution is -2.72. The Morgan fingerprint density at radius 2 is 2.00 bits per heavy atom. The van der Waals surface area contributed by atoms with Crippen molar-refractivity contribution < 1.29 is 10.2 Å². The van der Waals surface area contributed by atoms with Crippen LogP contribution in [0.25, 0.3) is 0 Å². The highest BCUT2D eigenvalue weighted by Crippen LogP contribution is 2.68. The second kappa shape index (κ2) is 4.17. The Hall–Kier alpha value is -1.10. The number of likely N-dealkylation sites (N-methyl/N-ethyl adjacent to an activating group) is 1. The molecule has 5 heterocycles. The van der Waals surface area contributed by atoms with Crippen LogP contribution in [-0.2, 0) is 5.41 Å². The molecule has 1 aromatic rings. The third-order valence-corrected chi connectivity index (χ3v) is 8.46. The van der Waals surface area contributed by atoms with Crippen LogP contribution in [0, 0.1) is 17.8 Å². The van der Waals surface area contributed by atoms with Crippen LogP contribution in [0.5, 0.6) is 0 Å². The number of piperidine rings is 4. The number of para-hydroxylation sites is 1. The molecule has 4 nitrogen and oxygen atoms in total. The highest BCUT2D eigenvalue weighted by molar-refractivity contribution is 5.67. The molecule has 24 heavy (non-hydrogen) atoms. The number of fused-ring (bicyclic) bond motifs is 2. The minimum Gasteiger partial charge on any atom is -0.392 e. The predicted octanol–water partition coefficient (Wildman–Crippen LogP) is 1.55. The average molecular weight is 326 g/mol.